The fraction of sp³-hybridized carbons (Fsp3) is 0.333. The number of aromatic nitrogens is 3. The van der Waals surface area contributed by atoms with E-state index in [0.717, 1.165) is 11.3 Å². The smallest absolute Gasteiger partial charge is 0.309 e. The summed E-state index contributed by atoms with van der Waals surface area (Å²) in [6, 6.07) is 17.1. The van der Waals surface area contributed by atoms with Gasteiger partial charge in [-0.1, -0.05) is 30.3 Å². The van der Waals surface area contributed by atoms with Gasteiger partial charge in [-0.05, 0) is 44.0 Å². The predicted molar refractivity (Wildman–Crippen MR) is 119 cm³/mol. The second-order valence-corrected chi connectivity index (χ2v) is 7.56. The number of hydrogen-bond donors (Lipinski definition) is 0. The van der Waals surface area contributed by atoms with Crippen LogP contribution in [0.1, 0.15) is 30.4 Å². The number of rotatable bonds is 6. The lowest BCUT2D eigenvalue weighted by Crippen LogP contribution is -2.41. The SMILES string of the molecule is CCOC(=O)C1CCN(C(=O)c2nc(-c3cccc(OC)c3)n(-c3ccccc3)n2)CC1. The lowest BCUT2D eigenvalue weighted by molar-refractivity contribution is -0.149. The van der Waals surface area contributed by atoms with Crippen molar-refractivity contribution in [2.24, 2.45) is 5.92 Å². The van der Waals surface area contributed by atoms with Crippen molar-refractivity contribution < 1.29 is 19.1 Å². The van der Waals surface area contributed by atoms with Crippen molar-refractivity contribution in [1.82, 2.24) is 19.7 Å². The lowest BCUT2D eigenvalue weighted by atomic mass is 9.97. The Hall–Kier alpha value is -3.68. The van der Waals surface area contributed by atoms with Gasteiger partial charge in [0.2, 0.25) is 5.82 Å². The Balaban J connectivity index is 1.62. The summed E-state index contributed by atoms with van der Waals surface area (Å²) in [5.41, 5.74) is 1.60. The van der Waals surface area contributed by atoms with Crippen LogP contribution in [0.2, 0.25) is 0 Å². The highest BCUT2D eigenvalue weighted by Crippen LogP contribution is 2.26. The molecule has 0 atom stereocenters. The molecule has 4 rings (SSSR count). The molecule has 0 N–H and O–H groups in total. The molecule has 0 spiro atoms. The van der Waals surface area contributed by atoms with E-state index in [2.05, 4.69) is 10.1 Å². The Morgan fingerprint density at radius 3 is 2.50 bits per heavy atom. The first kappa shape index (κ1) is 21.5. The topological polar surface area (TPSA) is 86.5 Å². The average Bonchev–Trinajstić information content (AvgIpc) is 3.30. The molecule has 0 radical (unpaired) electrons. The van der Waals surface area contributed by atoms with Crippen molar-refractivity contribution >= 4 is 11.9 Å². The van der Waals surface area contributed by atoms with Crippen LogP contribution in [0, 0.1) is 5.92 Å². The molecule has 1 saturated heterocycles. The molecule has 0 saturated carbocycles. The quantitative estimate of drug-likeness (QED) is 0.553. The highest BCUT2D eigenvalue weighted by Gasteiger charge is 2.31. The predicted octanol–water partition coefficient (Wildman–Crippen LogP) is 3.36. The molecule has 3 aromatic rings. The van der Waals surface area contributed by atoms with Crippen LogP contribution >= 0.6 is 0 Å². The van der Waals surface area contributed by atoms with E-state index in [4.69, 9.17) is 9.47 Å². The van der Waals surface area contributed by atoms with Gasteiger partial charge in [0, 0.05) is 18.7 Å². The molecule has 32 heavy (non-hydrogen) atoms. The number of esters is 1. The zero-order valence-electron chi connectivity index (χ0n) is 18.2. The van der Waals surface area contributed by atoms with Crippen molar-refractivity contribution in [3.8, 4) is 22.8 Å². The number of carbonyl (C=O) groups excluding carboxylic acids is 2. The summed E-state index contributed by atoms with van der Waals surface area (Å²) >= 11 is 0. The summed E-state index contributed by atoms with van der Waals surface area (Å²) in [5.74, 6) is 0.777. The van der Waals surface area contributed by atoms with Crippen LogP contribution in [0.5, 0.6) is 5.75 Å². The zero-order valence-corrected chi connectivity index (χ0v) is 18.2. The van der Waals surface area contributed by atoms with Crippen LogP contribution in [-0.2, 0) is 9.53 Å². The average molecular weight is 434 g/mol. The normalized spacial score (nSPS) is 14.2. The second kappa shape index (κ2) is 9.64. The minimum atomic E-state index is -0.244. The molecular formula is C24H26N4O4. The molecule has 1 aliphatic heterocycles. The van der Waals surface area contributed by atoms with Gasteiger partial charge in [0.15, 0.2) is 5.82 Å². The van der Waals surface area contributed by atoms with Gasteiger partial charge < -0.3 is 14.4 Å². The molecule has 0 aliphatic carbocycles. The number of carbonyl (C=O) groups is 2. The number of methoxy groups -OCH3 is 1. The molecule has 1 amide bonds. The number of amides is 1. The zero-order chi connectivity index (χ0) is 22.5. The molecule has 0 unspecified atom stereocenters. The van der Waals surface area contributed by atoms with Gasteiger partial charge in [-0.15, -0.1) is 5.10 Å². The molecule has 166 valence electrons. The van der Waals surface area contributed by atoms with E-state index in [1.807, 2.05) is 54.6 Å². The first-order valence-corrected chi connectivity index (χ1v) is 10.7. The molecule has 8 nitrogen and oxygen atoms in total. The number of hydrogen-bond acceptors (Lipinski definition) is 6. The van der Waals surface area contributed by atoms with Crippen LogP contribution < -0.4 is 4.74 Å². The van der Waals surface area contributed by atoms with E-state index in [9.17, 15) is 9.59 Å². The van der Waals surface area contributed by atoms with Gasteiger partial charge in [0.1, 0.15) is 5.75 Å². The molecule has 1 fully saturated rings. The third-order valence-corrected chi connectivity index (χ3v) is 5.53. The van der Waals surface area contributed by atoms with Crippen LogP contribution in [-0.4, -0.2) is 58.3 Å². The van der Waals surface area contributed by atoms with Gasteiger partial charge in [-0.25, -0.2) is 9.67 Å². The Bertz CT molecular complexity index is 1090. The van der Waals surface area contributed by atoms with Crippen LogP contribution in [0.25, 0.3) is 17.1 Å². The minimum absolute atomic E-state index is 0.126. The second-order valence-electron chi connectivity index (χ2n) is 7.56. The number of benzene rings is 2. The van der Waals surface area contributed by atoms with E-state index < -0.39 is 0 Å². The van der Waals surface area contributed by atoms with Crippen LogP contribution in [0.15, 0.2) is 54.6 Å². The molecule has 2 aromatic carbocycles. The van der Waals surface area contributed by atoms with Crippen LogP contribution in [0.3, 0.4) is 0 Å². The maximum atomic E-state index is 13.2. The Kier molecular flexibility index (Phi) is 6.49. The maximum absolute atomic E-state index is 13.2. The Morgan fingerprint density at radius 1 is 1.06 bits per heavy atom. The lowest BCUT2D eigenvalue weighted by Gasteiger charge is -2.30. The molecule has 2 heterocycles. The standard InChI is InChI=1S/C24H26N4O4/c1-3-32-24(30)17-12-14-27(15-13-17)23(29)21-25-22(18-8-7-11-20(16-18)31-2)28(26-21)19-9-5-4-6-10-19/h4-11,16-17H,3,12-15H2,1-2H3. The fourth-order valence-electron chi connectivity index (χ4n) is 3.82. The van der Waals surface area contributed by atoms with E-state index in [-0.39, 0.29) is 23.6 Å². The van der Waals surface area contributed by atoms with E-state index in [1.165, 1.54) is 0 Å². The molecule has 1 aromatic heterocycles. The fourth-order valence-corrected chi connectivity index (χ4v) is 3.82. The van der Waals surface area contributed by atoms with Crippen molar-refractivity contribution in [2.45, 2.75) is 19.8 Å². The largest absolute Gasteiger partial charge is 0.497 e. The maximum Gasteiger partial charge on any atom is 0.309 e. The monoisotopic (exact) mass is 434 g/mol. The van der Waals surface area contributed by atoms with Gasteiger partial charge in [0.25, 0.3) is 5.91 Å². The minimum Gasteiger partial charge on any atom is -0.497 e. The Morgan fingerprint density at radius 2 is 1.81 bits per heavy atom. The summed E-state index contributed by atoms with van der Waals surface area (Å²) in [6.45, 7) is 3.10. The van der Waals surface area contributed by atoms with Gasteiger partial charge in [-0.2, -0.15) is 0 Å². The number of para-hydroxylation sites is 1. The number of nitrogens with zero attached hydrogens (tertiary/aromatic N) is 4. The number of likely N-dealkylation sites (tertiary alicyclic amines) is 1. The highest BCUT2D eigenvalue weighted by atomic mass is 16.5. The molecular weight excluding hydrogens is 408 g/mol. The first-order chi connectivity index (χ1) is 15.6. The number of ether oxygens (including phenoxy) is 2. The van der Waals surface area contributed by atoms with Crippen molar-refractivity contribution in [3.63, 3.8) is 0 Å². The van der Waals surface area contributed by atoms with E-state index in [0.29, 0.717) is 44.1 Å². The number of piperidine rings is 1. The van der Waals surface area contributed by atoms with Crippen molar-refractivity contribution in [1.29, 1.82) is 0 Å². The first-order valence-electron chi connectivity index (χ1n) is 10.7. The van der Waals surface area contributed by atoms with Crippen molar-refractivity contribution in [2.75, 3.05) is 26.8 Å². The third-order valence-electron chi connectivity index (χ3n) is 5.53. The summed E-state index contributed by atoms with van der Waals surface area (Å²) in [4.78, 5) is 31.5. The summed E-state index contributed by atoms with van der Waals surface area (Å²) in [6.07, 6.45) is 1.15. The molecule has 1 aliphatic rings. The summed E-state index contributed by atoms with van der Waals surface area (Å²) in [7, 11) is 1.61. The summed E-state index contributed by atoms with van der Waals surface area (Å²) in [5, 5.41) is 4.55. The van der Waals surface area contributed by atoms with Crippen molar-refractivity contribution in [3.05, 3.63) is 60.4 Å². The van der Waals surface area contributed by atoms with Gasteiger partial charge >= 0.3 is 5.97 Å². The third kappa shape index (κ3) is 4.49. The van der Waals surface area contributed by atoms with E-state index in [1.54, 1.807) is 23.6 Å². The highest BCUT2D eigenvalue weighted by molar-refractivity contribution is 5.91. The summed E-state index contributed by atoms with van der Waals surface area (Å²) < 4.78 is 12.1. The van der Waals surface area contributed by atoms with Crippen LogP contribution in [0.4, 0.5) is 0 Å². The van der Waals surface area contributed by atoms with Gasteiger partial charge in [-0.3, -0.25) is 9.59 Å². The molecule has 8 heteroatoms. The Labute approximate surface area is 186 Å². The van der Waals surface area contributed by atoms with Gasteiger partial charge in [0.05, 0.1) is 25.3 Å². The van der Waals surface area contributed by atoms with E-state index >= 15 is 0 Å². The molecule has 0 bridgehead atoms.